The number of aliphatic hydroxyl groups excluding tert-OH is 1. The lowest BCUT2D eigenvalue weighted by molar-refractivity contribution is -0.144. The normalized spacial score (nSPS) is 17.9. The molecule has 17 heteroatoms. The Morgan fingerprint density at radius 1 is 0.937 bits per heavy atom. The third kappa shape index (κ3) is 12.3. The fourth-order valence-electron chi connectivity index (χ4n) is 8.16. The number of nitrogens with two attached hydrogens (primary N) is 1. The molecule has 0 aliphatic carbocycles. The molecule has 2 aliphatic heterocycles. The molecule has 4 atom stereocenters. The largest absolute Gasteiger partial charge is 0.507 e. The van der Waals surface area contributed by atoms with E-state index in [-0.39, 0.29) is 24.8 Å². The van der Waals surface area contributed by atoms with Gasteiger partial charge in [-0.1, -0.05) is 70.0 Å². The molecule has 6 rings (SSSR count). The van der Waals surface area contributed by atoms with Gasteiger partial charge in [0.2, 0.25) is 23.6 Å². The van der Waals surface area contributed by atoms with E-state index < -0.39 is 53.7 Å². The second-order valence-electron chi connectivity index (χ2n) is 17.7. The summed E-state index contributed by atoms with van der Waals surface area (Å²) in [5.41, 5.74) is 12.2. The Kier molecular flexibility index (Phi) is 15.7. The van der Waals surface area contributed by atoms with Crippen molar-refractivity contribution in [1.82, 2.24) is 40.9 Å². The van der Waals surface area contributed by atoms with Gasteiger partial charge < -0.3 is 41.7 Å². The molecule has 63 heavy (non-hydrogen) atoms. The fourth-order valence-corrected chi connectivity index (χ4v) is 8.97. The number of hydrogen-bond donors (Lipinski definition) is 6. The number of piperazine rings is 1. The molecule has 2 fully saturated rings. The molecule has 2 saturated heterocycles. The number of carbonyl (C=O) groups is 4. The third-order valence-electron chi connectivity index (χ3n) is 11.8. The summed E-state index contributed by atoms with van der Waals surface area (Å²) >= 11 is 1.57. The molecule has 16 nitrogen and oxygen atoms in total. The van der Waals surface area contributed by atoms with Crippen molar-refractivity contribution >= 4 is 46.5 Å². The number of para-hydroxylation sites is 1. The summed E-state index contributed by atoms with van der Waals surface area (Å²) in [6.07, 6.45) is 2.46. The van der Waals surface area contributed by atoms with Crippen LogP contribution in [0.5, 0.6) is 5.75 Å². The van der Waals surface area contributed by atoms with E-state index in [1.54, 1.807) is 29.5 Å². The molecule has 0 radical (unpaired) electrons. The lowest BCUT2D eigenvalue weighted by Gasteiger charge is -2.36. The summed E-state index contributed by atoms with van der Waals surface area (Å²) in [6, 6.07) is 14.5. The zero-order valence-electron chi connectivity index (χ0n) is 37.0. The topological polar surface area (TPSA) is 219 Å². The number of phenols is 1. The monoisotopic (exact) mass is 882 g/mol. The van der Waals surface area contributed by atoms with Gasteiger partial charge in [-0.25, -0.2) is 4.98 Å². The smallest absolute Gasteiger partial charge is 0.246 e. The number of benzene rings is 2. The van der Waals surface area contributed by atoms with Crippen LogP contribution in [-0.4, -0.2) is 123 Å². The minimum atomic E-state index is -1.03. The second kappa shape index (κ2) is 21.1. The van der Waals surface area contributed by atoms with Crippen LogP contribution in [0, 0.1) is 12.3 Å². The lowest BCUT2D eigenvalue weighted by Crippen LogP contribution is -2.58. The summed E-state index contributed by atoms with van der Waals surface area (Å²) in [5.74, 6) is -1.39. The highest BCUT2D eigenvalue weighted by Gasteiger charge is 2.45. The molecular formula is C46H62N10O6S. The second-order valence-corrected chi connectivity index (χ2v) is 18.5. The highest BCUT2D eigenvalue weighted by molar-refractivity contribution is 7.13. The van der Waals surface area contributed by atoms with Gasteiger partial charge in [-0.05, 0) is 68.0 Å². The number of aromatic hydroxyl groups is 1. The van der Waals surface area contributed by atoms with Crippen LogP contribution in [0.1, 0.15) is 83.5 Å². The molecule has 2 aliphatic rings. The molecule has 4 aromatic rings. The van der Waals surface area contributed by atoms with Crippen LogP contribution in [0.25, 0.3) is 21.7 Å². The summed E-state index contributed by atoms with van der Waals surface area (Å²) in [5, 5.41) is 37.8. The first kappa shape index (κ1) is 46.8. The van der Waals surface area contributed by atoms with Gasteiger partial charge in [-0.3, -0.25) is 24.1 Å². The number of nitrogen functional groups attached to an aromatic ring is 1. The maximum atomic E-state index is 14.1. The van der Waals surface area contributed by atoms with Gasteiger partial charge in [0.1, 0.15) is 24.3 Å². The predicted octanol–water partition coefficient (Wildman–Crippen LogP) is 4.42. The Hall–Kier alpha value is -5.65. The zero-order chi connectivity index (χ0) is 45.3. The third-order valence-corrected chi connectivity index (χ3v) is 12.8. The molecular weight excluding hydrogens is 821 g/mol. The number of carbonyl (C=O) groups excluding carboxylic acids is 4. The summed E-state index contributed by atoms with van der Waals surface area (Å²) in [6.45, 7) is 14.0. The fraction of sp³-hybridized carbons (Fsp3) is 0.500. The lowest BCUT2D eigenvalue weighted by atomic mass is 9.85. The van der Waals surface area contributed by atoms with Crippen molar-refractivity contribution in [2.75, 3.05) is 56.4 Å². The van der Waals surface area contributed by atoms with Gasteiger partial charge in [-0.15, -0.1) is 21.5 Å². The van der Waals surface area contributed by atoms with Crippen LogP contribution < -0.4 is 26.6 Å². The van der Waals surface area contributed by atoms with Crippen molar-refractivity contribution in [2.45, 2.75) is 97.4 Å². The van der Waals surface area contributed by atoms with Gasteiger partial charge in [0, 0.05) is 51.3 Å². The van der Waals surface area contributed by atoms with E-state index in [1.807, 2.05) is 76.5 Å². The standard InChI is InChI=1S/C46H62N10O6S/c1-29(31-14-16-32(17-15-31)41-30(2)49-28-63-41)50-44(61)37-24-33(57)27-56(37)45(62)42(46(3,4)5)51-40(60)26-39(59)48-18-10-6-7-11-19-54-20-22-55(23-21-54)36-25-35(52-53-43(36)47)34-12-8-9-13-38(34)58/h8-9,12-17,25,28-29,33,37,42,57-58H,6-7,10-11,18-24,26-27H2,1-5H3,(H2,47,53)(H,48,59)(H,50,61)(H,51,60)/t29-,33+,37-,42?/m0/s1. The average molecular weight is 883 g/mol. The Bertz CT molecular complexity index is 2200. The van der Waals surface area contributed by atoms with Crippen LogP contribution >= 0.6 is 11.3 Å². The Labute approximate surface area is 373 Å². The molecule has 2 aromatic carbocycles. The predicted molar refractivity (Wildman–Crippen MR) is 245 cm³/mol. The number of anilines is 2. The van der Waals surface area contributed by atoms with Crippen LogP contribution in [0.3, 0.4) is 0 Å². The number of unbranched alkanes of at least 4 members (excludes halogenated alkanes) is 3. The maximum absolute atomic E-state index is 14.1. The number of rotatable bonds is 17. The highest BCUT2D eigenvalue weighted by Crippen LogP contribution is 2.33. The Balaban J connectivity index is 0.889. The number of aliphatic hydroxyl groups is 1. The van der Waals surface area contributed by atoms with E-state index in [4.69, 9.17) is 5.73 Å². The van der Waals surface area contributed by atoms with Crippen LogP contribution in [0.2, 0.25) is 0 Å². The number of β-amino-alcohol motifs (C(OH)–C–C–N with tert-alkyl or cyclic N) is 1. The number of phenolic OH excluding ortho intramolecular Hbond substituents is 1. The summed E-state index contributed by atoms with van der Waals surface area (Å²) in [7, 11) is 0. The van der Waals surface area contributed by atoms with E-state index in [2.05, 4.69) is 40.9 Å². The first-order valence-corrected chi connectivity index (χ1v) is 22.7. The molecule has 4 heterocycles. The van der Waals surface area contributed by atoms with E-state index in [9.17, 15) is 29.4 Å². The molecule has 0 spiro atoms. The number of aromatic nitrogens is 3. The average Bonchev–Trinajstić information content (AvgIpc) is 3.87. The molecule has 7 N–H and O–H groups in total. The number of nitrogens with zero attached hydrogens (tertiary/aromatic N) is 6. The Morgan fingerprint density at radius 3 is 2.33 bits per heavy atom. The van der Waals surface area contributed by atoms with Crippen LogP contribution in [-0.2, 0) is 19.2 Å². The van der Waals surface area contributed by atoms with Crippen LogP contribution in [0.4, 0.5) is 11.5 Å². The van der Waals surface area contributed by atoms with Crippen molar-refractivity contribution in [3.8, 4) is 27.4 Å². The van der Waals surface area contributed by atoms with E-state index in [0.717, 1.165) is 85.8 Å². The molecule has 0 bridgehead atoms. The van der Waals surface area contributed by atoms with Crippen LogP contribution in [0.15, 0.2) is 60.1 Å². The van der Waals surface area contributed by atoms with Crippen molar-refractivity contribution < 1.29 is 29.4 Å². The van der Waals surface area contributed by atoms with E-state index >= 15 is 0 Å². The molecule has 4 amide bonds. The number of hydrogen-bond acceptors (Lipinski definition) is 13. The molecule has 2 aromatic heterocycles. The first-order valence-electron chi connectivity index (χ1n) is 21.8. The summed E-state index contributed by atoms with van der Waals surface area (Å²) in [4.78, 5) is 65.0. The van der Waals surface area contributed by atoms with Crippen molar-refractivity contribution in [1.29, 1.82) is 0 Å². The van der Waals surface area contributed by atoms with Gasteiger partial charge in [0.15, 0.2) is 5.82 Å². The molecule has 0 saturated carbocycles. The molecule has 1 unspecified atom stereocenters. The number of amides is 4. The summed E-state index contributed by atoms with van der Waals surface area (Å²) < 4.78 is 0. The van der Waals surface area contributed by atoms with Crippen molar-refractivity contribution in [2.24, 2.45) is 5.41 Å². The number of aryl methyl sites for hydroxylation is 1. The number of thiazole rings is 1. The Morgan fingerprint density at radius 2 is 1.65 bits per heavy atom. The van der Waals surface area contributed by atoms with E-state index in [1.165, 1.54) is 4.90 Å². The van der Waals surface area contributed by atoms with Gasteiger partial charge in [0.25, 0.3) is 0 Å². The highest BCUT2D eigenvalue weighted by atomic mass is 32.1. The van der Waals surface area contributed by atoms with E-state index in [0.29, 0.717) is 23.6 Å². The molecule has 338 valence electrons. The minimum Gasteiger partial charge on any atom is -0.507 e. The van der Waals surface area contributed by atoms with Crippen molar-refractivity contribution in [3.05, 3.63) is 71.4 Å². The number of nitrogens with one attached hydrogen (secondary N) is 3. The number of likely N-dealkylation sites (tertiary alicyclic amines) is 1. The minimum absolute atomic E-state index is 0.0445. The first-order chi connectivity index (χ1) is 30.1. The van der Waals surface area contributed by atoms with Gasteiger partial charge in [-0.2, -0.15) is 0 Å². The maximum Gasteiger partial charge on any atom is 0.246 e. The van der Waals surface area contributed by atoms with Gasteiger partial charge >= 0.3 is 0 Å². The quantitative estimate of drug-likeness (QED) is 0.0642. The zero-order valence-corrected chi connectivity index (χ0v) is 37.8. The van der Waals surface area contributed by atoms with Gasteiger partial charge in [0.05, 0.1) is 39.6 Å². The van der Waals surface area contributed by atoms with Crippen molar-refractivity contribution in [3.63, 3.8) is 0 Å². The SMILES string of the molecule is Cc1ncsc1-c1ccc([C@H](C)NC(=O)[C@@H]2C[C@@H](O)CN2C(=O)C(NC(=O)CC(=O)NCCCCCCN2CCN(c3cc(-c4ccccc4O)nnc3N)CC2)C(C)(C)C)cc1.